The number of rotatable bonds is 4. The minimum absolute atomic E-state index is 0.336. The summed E-state index contributed by atoms with van der Waals surface area (Å²) in [6.07, 6.45) is 4.46. The van der Waals surface area contributed by atoms with Gasteiger partial charge in [-0.15, -0.1) is 0 Å². The number of benzene rings is 1. The first kappa shape index (κ1) is 15.5. The zero-order valence-corrected chi connectivity index (χ0v) is 12.5. The van der Waals surface area contributed by atoms with E-state index in [4.69, 9.17) is 4.74 Å². The lowest BCUT2D eigenvalue weighted by atomic mass is 10.0. The van der Waals surface area contributed by atoms with Crippen LogP contribution in [-0.2, 0) is 9.53 Å². The fourth-order valence-electron chi connectivity index (χ4n) is 2.59. The van der Waals surface area contributed by atoms with Crippen LogP contribution >= 0.6 is 0 Å². The largest absolute Gasteiger partial charge is 0.379 e. The summed E-state index contributed by atoms with van der Waals surface area (Å²) in [6.45, 7) is 2.16. The van der Waals surface area contributed by atoms with Crippen molar-refractivity contribution in [1.29, 1.82) is 0 Å². The summed E-state index contributed by atoms with van der Waals surface area (Å²) in [5.74, 6) is -0.400. The summed E-state index contributed by atoms with van der Waals surface area (Å²) in [6, 6.07) is 5.59. The van der Waals surface area contributed by atoms with Crippen LogP contribution in [0.3, 0.4) is 0 Å². The van der Waals surface area contributed by atoms with E-state index in [9.17, 15) is 9.18 Å². The van der Waals surface area contributed by atoms with E-state index in [0.717, 1.165) is 0 Å². The average Bonchev–Trinajstić information content (AvgIpc) is 2.59. The van der Waals surface area contributed by atoms with Crippen molar-refractivity contribution in [3.63, 3.8) is 0 Å². The van der Waals surface area contributed by atoms with Gasteiger partial charge < -0.3 is 10.1 Å². The van der Waals surface area contributed by atoms with Crippen LogP contribution in [0.1, 0.15) is 11.6 Å². The highest BCUT2D eigenvalue weighted by Gasteiger charge is 2.31. The van der Waals surface area contributed by atoms with E-state index in [1.807, 2.05) is 4.90 Å². The first-order chi connectivity index (χ1) is 11.3. The second-order valence-corrected chi connectivity index (χ2v) is 5.15. The number of hydrogen-bond donors (Lipinski definition) is 1. The van der Waals surface area contributed by atoms with Crippen molar-refractivity contribution in [2.45, 2.75) is 6.04 Å². The summed E-state index contributed by atoms with van der Waals surface area (Å²) in [5, 5.41) is 2.70. The van der Waals surface area contributed by atoms with Gasteiger partial charge in [0.1, 0.15) is 11.9 Å². The van der Waals surface area contributed by atoms with Crippen molar-refractivity contribution in [2.24, 2.45) is 0 Å². The molecule has 0 unspecified atom stereocenters. The Bertz CT molecular complexity index is 662. The number of aromatic nitrogens is 2. The Morgan fingerprint density at radius 2 is 2.04 bits per heavy atom. The van der Waals surface area contributed by atoms with Crippen molar-refractivity contribution >= 4 is 11.7 Å². The fraction of sp³-hybridized carbons (Fsp3) is 0.312. The second-order valence-electron chi connectivity index (χ2n) is 5.15. The van der Waals surface area contributed by atoms with Gasteiger partial charge in [-0.2, -0.15) is 0 Å². The number of amides is 1. The SMILES string of the molecule is O=C(Nc1cnccn1)[C@H](c1ccccc1F)N1CCOCC1. The van der Waals surface area contributed by atoms with E-state index in [-0.39, 0.29) is 5.91 Å². The minimum atomic E-state index is -0.734. The molecule has 1 amide bonds. The molecule has 2 aromatic rings. The predicted octanol–water partition coefficient (Wildman–Crippen LogP) is 1.63. The third kappa shape index (κ3) is 3.69. The van der Waals surface area contributed by atoms with Gasteiger partial charge >= 0.3 is 0 Å². The predicted molar refractivity (Wildman–Crippen MR) is 82.2 cm³/mol. The molecule has 7 heteroatoms. The summed E-state index contributed by atoms with van der Waals surface area (Å²) in [7, 11) is 0. The Hall–Kier alpha value is -2.38. The minimum Gasteiger partial charge on any atom is -0.379 e. The maximum Gasteiger partial charge on any atom is 0.247 e. The van der Waals surface area contributed by atoms with Gasteiger partial charge in [0.05, 0.1) is 19.4 Å². The molecule has 3 rings (SSSR count). The molecule has 6 nitrogen and oxygen atoms in total. The van der Waals surface area contributed by atoms with Crippen LogP contribution in [0.15, 0.2) is 42.9 Å². The molecule has 0 spiro atoms. The topological polar surface area (TPSA) is 67.4 Å². The smallest absolute Gasteiger partial charge is 0.247 e. The lowest BCUT2D eigenvalue weighted by Crippen LogP contribution is -2.44. The Morgan fingerprint density at radius 1 is 1.26 bits per heavy atom. The lowest BCUT2D eigenvalue weighted by molar-refractivity contribution is -0.123. The molecular formula is C16H17FN4O2. The summed E-state index contributed by atoms with van der Waals surface area (Å²) in [5.41, 5.74) is 0.343. The Kier molecular flexibility index (Phi) is 4.89. The van der Waals surface area contributed by atoms with Gasteiger partial charge in [0.15, 0.2) is 5.82 Å². The molecule has 1 atom stereocenters. The van der Waals surface area contributed by atoms with E-state index in [0.29, 0.717) is 37.7 Å². The third-order valence-electron chi connectivity index (χ3n) is 3.67. The highest BCUT2D eigenvalue weighted by Crippen LogP contribution is 2.25. The van der Waals surface area contributed by atoms with Gasteiger partial charge in [-0.1, -0.05) is 18.2 Å². The van der Waals surface area contributed by atoms with Gasteiger partial charge in [-0.25, -0.2) is 9.37 Å². The molecule has 1 aromatic heterocycles. The molecule has 1 saturated heterocycles. The monoisotopic (exact) mass is 316 g/mol. The number of carbonyl (C=O) groups is 1. The standard InChI is InChI=1S/C16H17FN4O2/c17-13-4-2-1-3-12(13)15(21-7-9-23-10-8-21)16(22)20-14-11-18-5-6-19-14/h1-6,11,15H,7-10H2,(H,19,20,22)/t15-/m0/s1. The quantitative estimate of drug-likeness (QED) is 0.928. The highest BCUT2D eigenvalue weighted by atomic mass is 19.1. The third-order valence-corrected chi connectivity index (χ3v) is 3.67. The molecule has 1 aliphatic rings. The first-order valence-electron chi connectivity index (χ1n) is 7.39. The molecule has 1 aromatic carbocycles. The molecular weight excluding hydrogens is 299 g/mol. The van der Waals surface area contributed by atoms with E-state index in [1.54, 1.807) is 18.2 Å². The maximum atomic E-state index is 14.2. The van der Waals surface area contributed by atoms with E-state index in [1.165, 1.54) is 24.7 Å². The molecule has 0 radical (unpaired) electrons. The summed E-state index contributed by atoms with van der Waals surface area (Å²) >= 11 is 0. The van der Waals surface area contributed by atoms with Crippen molar-refractivity contribution in [3.8, 4) is 0 Å². The van der Waals surface area contributed by atoms with Gasteiger partial charge in [0.25, 0.3) is 0 Å². The molecule has 1 aliphatic heterocycles. The second kappa shape index (κ2) is 7.26. The number of nitrogens with zero attached hydrogens (tertiary/aromatic N) is 3. The van der Waals surface area contributed by atoms with E-state index in [2.05, 4.69) is 15.3 Å². The van der Waals surface area contributed by atoms with E-state index < -0.39 is 11.9 Å². The van der Waals surface area contributed by atoms with Crippen LogP contribution in [0, 0.1) is 5.82 Å². The van der Waals surface area contributed by atoms with Gasteiger partial charge in [0.2, 0.25) is 5.91 Å². The van der Waals surface area contributed by atoms with Crippen molar-refractivity contribution in [1.82, 2.24) is 14.9 Å². The molecule has 0 saturated carbocycles. The van der Waals surface area contributed by atoms with Crippen LogP contribution in [0.2, 0.25) is 0 Å². The van der Waals surface area contributed by atoms with Crippen LogP contribution in [0.25, 0.3) is 0 Å². The van der Waals surface area contributed by atoms with E-state index >= 15 is 0 Å². The first-order valence-corrected chi connectivity index (χ1v) is 7.39. The Morgan fingerprint density at radius 3 is 2.74 bits per heavy atom. The van der Waals surface area contributed by atoms with Crippen molar-refractivity contribution in [3.05, 3.63) is 54.2 Å². The zero-order chi connectivity index (χ0) is 16.1. The molecule has 1 N–H and O–H groups in total. The molecule has 120 valence electrons. The normalized spacial score (nSPS) is 16.7. The number of nitrogens with one attached hydrogen (secondary N) is 1. The Balaban J connectivity index is 1.88. The maximum absolute atomic E-state index is 14.2. The highest BCUT2D eigenvalue weighted by molar-refractivity contribution is 5.94. The van der Waals surface area contributed by atoms with Crippen LogP contribution in [0.4, 0.5) is 10.2 Å². The van der Waals surface area contributed by atoms with Gasteiger partial charge in [-0.3, -0.25) is 14.7 Å². The number of morpholine rings is 1. The fourth-order valence-corrected chi connectivity index (χ4v) is 2.59. The van der Waals surface area contributed by atoms with Gasteiger partial charge in [0, 0.05) is 31.0 Å². The lowest BCUT2D eigenvalue weighted by Gasteiger charge is -2.33. The average molecular weight is 316 g/mol. The number of halogens is 1. The van der Waals surface area contributed by atoms with Crippen molar-refractivity contribution < 1.29 is 13.9 Å². The van der Waals surface area contributed by atoms with Crippen LogP contribution in [-0.4, -0.2) is 47.1 Å². The number of anilines is 1. The molecule has 0 aliphatic carbocycles. The number of carbonyl (C=O) groups excluding carboxylic acids is 1. The number of hydrogen-bond acceptors (Lipinski definition) is 5. The van der Waals surface area contributed by atoms with Crippen LogP contribution in [0.5, 0.6) is 0 Å². The molecule has 23 heavy (non-hydrogen) atoms. The molecule has 0 bridgehead atoms. The summed E-state index contributed by atoms with van der Waals surface area (Å²) < 4.78 is 19.6. The van der Waals surface area contributed by atoms with Gasteiger partial charge in [-0.05, 0) is 6.07 Å². The van der Waals surface area contributed by atoms with Crippen LogP contribution < -0.4 is 5.32 Å². The zero-order valence-electron chi connectivity index (χ0n) is 12.5. The molecule has 1 fully saturated rings. The number of ether oxygens (including phenoxy) is 1. The summed E-state index contributed by atoms with van der Waals surface area (Å²) in [4.78, 5) is 22.6. The molecule has 2 heterocycles. The van der Waals surface area contributed by atoms with Crippen molar-refractivity contribution in [2.75, 3.05) is 31.6 Å². The Labute approximate surface area is 133 Å².